The molecule has 1 aromatic rings. The van der Waals surface area contributed by atoms with Crippen LogP contribution < -0.4 is 0 Å². The van der Waals surface area contributed by atoms with Crippen molar-refractivity contribution in [3.05, 3.63) is 35.9 Å². The minimum atomic E-state index is -0.319. The van der Waals surface area contributed by atoms with Gasteiger partial charge in [-0.3, -0.25) is 0 Å². The monoisotopic (exact) mass is 191 g/mol. The van der Waals surface area contributed by atoms with E-state index in [1.165, 1.54) is 0 Å². The number of benzene rings is 1. The van der Waals surface area contributed by atoms with Crippen molar-refractivity contribution in [2.45, 2.75) is 20.3 Å². The van der Waals surface area contributed by atoms with E-state index in [-0.39, 0.29) is 5.97 Å². The SMILES string of the molecule is CCC(=O)ON=C(C)c1ccccc1. The molecule has 0 atom stereocenters. The Labute approximate surface area is 83.4 Å². The zero-order chi connectivity index (χ0) is 10.4. The zero-order valence-electron chi connectivity index (χ0n) is 8.36. The molecular formula is C11H13NO2. The fourth-order valence-electron chi connectivity index (χ4n) is 0.916. The van der Waals surface area contributed by atoms with E-state index in [0.717, 1.165) is 5.56 Å². The highest BCUT2D eigenvalue weighted by molar-refractivity contribution is 5.98. The van der Waals surface area contributed by atoms with E-state index in [9.17, 15) is 4.79 Å². The van der Waals surface area contributed by atoms with Gasteiger partial charge in [0.05, 0.1) is 5.71 Å². The first-order valence-electron chi connectivity index (χ1n) is 4.54. The molecule has 0 unspecified atom stereocenters. The predicted octanol–water partition coefficient (Wildman–Crippen LogP) is 2.36. The molecule has 0 amide bonds. The van der Waals surface area contributed by atoms with Gasteiger partial charge in [-0.15, -0.1) is 0 Å². The van der Waals surface area contributed by atoms with Crippen molar-refractivity contribution in [2.75, 3.05) is 0 Å². The van der Waals surface area contributed by atoms with Crippen LogP contribution in [0.3, 0.4) is 0 Å². The van der Waals surface area contributed by atoms with E-state index in [0.29, 0.717) is 12.1 Å². The predicted molar refractivity (Wildman–Crippen MR) is 55.0 cm³/mol. The Balaban J connectivity index is 2.66. The molecule has 0 saturated heterocycles. The molecule has 0 N–H and O–H groups in total. The molecule has 74 valence electrons. The molecule has 14 heavy (non-hydrogen) atoms. The summed E-state index contributed by atoms with van der Waals surface area (Å²) in [5, 5.41) is 3.73. The second-order valence-corrected chi connectivity index (χ2v) is 2.86. The fraction of sp³-hybridized carbons (Fsp3) is 0.273. The molecule has 0 aliphatic carbocycles. The lowest BCUT2D eigenvalue weighted by Crippen LogP contribution is -2.01. The Morgan fingerprint density at radius 1 is 1.36 bits per heavy atom. The van der Waals surface area contributed by atoms with E-state index in [1.807, 2.05) is 30.3 Å². The smallest absolute Gasteiger partial charge is 0.318 e. The number of carbonyl (C=O) groups excluding carboxylic acids is 1. The van der Waals surface area contributed by atoms with Crippen molar-refractivity contribution in [1.82, 2.24) is 0 Å². The van der Waals surface area contributed by atoms with Crippen LogP contribution in [0.2, 0.25) is 0 Å². The fourth-order valence-corrected chi connectivity index (χ4v) is 0.916. The lowest BCUT2D eigenvalue weighted by atomic mass is 10.1. The number of carbonyl (C=O) groups is 1. The van der Waals surface area contributed by atoms with Crippen molar-refractivity contribution in [3.63, 3.8) is 0 Å². The van der Waals surface area contributed by atoms with Gasteiger partial charge in [0, 0.05) is 6.42 Å². The Morgan fingerprint density at radius 3 is 2.57 bits per heavy atom. The Bertz CT molecular complexity index is 330. The van der Waals surface area contributed by atoms with E-state index in [2.05, 4.69) is 9.99 Å². The van der Waals surface area contributed by atoms with Gasteiger partial charge in [-0.1, -0.05) is 42.4 Å². The minimum Gasteiger partial charge on any atom is -0.318 e. The van der Waals surface area contributed by atoms with Crippen LogP contribution in [0, 0.1) is 0 Å². The average Bonchev–Trinajstić information content (AvgIpc) is 2.26. The van der Waals surface area contributed by atoms with Crippen LogP contribution in [-0.4, -0.2) is 11.7 Å². The Morgan fingerprint density at radius 2 is 2.00 bits per heavy atom. The van der Waals surface area contributed by atoms with Crippen molar-refractivity contribution < 1.29 is 9.63 Å². The molecule has 3 nitrogen and oxygen atoms in total. The molecule has 1 aromatic carbocycles. The molecule has 0 fully saturated rings. The van der Waals surface area contributed by atoms with Crippen molar-refractivity contribution in [3.8, 4) is 0 Å². The van der Waals surface area contributed by atoms with Crippen molar-refractivity contribution in [1.29, 1.82) is 0 Å². The van der Waals surface area contributed by atoms with Gasteiger partial charge >= 0.3 is 5.97 Å². The van der Waals surface area contributed by atoms with Gasteiger partial charge in [-0.05, 0) is 12.5 Å². The summed E-state index contributed by atoms with van der Waals surface area (Å²) in [6.45, 7) is 3.54. The van der Waals surface area contributed by atoms with Gasteiger partial charge in [0.1, 0.15) is 0 Å². The van der Waals surface area contributed by atoms with E-state index in [4.69, 9.17) is 0 Å². The van der Waals surface area contributed by atoms with Crippen LogP contribution in [0.25, 0.3) is 0 Å². The number of nitrogens with zero attached hydrogens (tertiary/aromatic N) is 1. The summed E-state index contributed by atoms with van der Waals surface area (Å²) in [6.07, 6.45) is 0.339. The molecule has 0 bridgehead atoms. The third-order valence-corrected chi connectivity index (χ3v) is 1.76. The van der Waals surface area contributed by atoms with Crippen molar-refractivity contribution in [2.24, 2.45) is 5.16 Å². The standard InChI is InChI=1S/C11H13NO2/c1-3-11(13)14-12-9(2)10-7-5-4-6-8-10/h4-8H,3H2,1-2H3. The molecule has 0 aliphatic heterocycles. The van der Waals surface area contributed by atoms with Gasteiger partial charge in [-0.2, -0.15) is 0 Å². The zero-order valence-corrected chi connectivity index (χ0v) is 8.36. The molecular weight excluding hydrogens is 178 g/mol. The largest absolute Gasteiger partial charge is 0.334 e. The highest BCUT2D eigenvalue weighted by Gasteiger charge is 1.99. The maximum atomic E-state index is 10.8. The Kier molecular flexibility index (Phi) is 3.85. The Hall–Kier alpha value is -1.64. The van der Waals surface area contributed by atoms with Crippen LogP contribution in [0.4, 0.5) is 0 Å². The van der Waals surface area contributed by atoms with Crippen LogP contribution in [0.15, 0.2) is 35.5 Å². The summed E-state index contributed by atoms with van der Waals surface area (Å²) in [5.74, 6) is -0.319. The first kappa shape index (κ1) is 10.4. The van der Waals surface area contributed by atoms with E-state index < -0.39 is 0 Å². The van der Waals surface area contributed by atoms with Gasteiger partial charge in [-0.25, -0.2) is 4.79 Å². The van der Waals surface area contributed by atoms with Crippen LogP contribution in [-0.2, 0) is 9.63 Å². The van der Waals surface area contributed by atoms with Crippen LogP contribution >= 0.6 is 0 Å². The van der Waals surface area contributed by atoms with Gasteiger partial charge in [0.25, 0.3) is 0 Å². The number of oxime groups is 1. The van der Waals surface area contributed by atoms with Gasteiger partial charge < -0.3 is 4.84 Å². The summed E-state index contributed by atoms with van der Waals surface area (Å²) in [4.78, 5) is 15.5. The molecule has 3 heteroatoms. The summed E-state index contributed by atoms with van der Waals surface area (Å²) >= 11 is 0. The van der Waals surface area contributed by atoms with Gasteiger partial charge in [0.2, 0.25) is 0 Å². The number of rotatable bonds is 3. The van der Waals surface area contributed by atoms with Crippen LogP contribution in [0.5, 0.6) is 0 Å². The second-order valence-electron chi connectivity index (χ2n) is 2.86. The van der Waals surface area contributed by atoms with E-state index in [1.54, 1.807) is 13.8 Å². The minimum absolute atomic E-state index is 0.319. The first-order valence-corrected chi connectivity index (χ1v) is 4.54. The normalized spacial score (nSPS) is 11.1. The maximum absolute atomic E-state index is 10.8. The molecule has 0 aliphatic rings. The van der Waals surface area contributed by atoms with Crippen LogP contribution in [0.1, 0.15) is 25.8 Å². The molecule has 0 heterocycles. The topological polar surface area (TPSA) is 38.7 Å². The highest BCUT2D eigenvalue weighted by Crippen LogP contribution is 2.01. The molecule has 0 saturated carbocycles. The summed E-state index contributed by atoms with van der Waals surface area (Å²) in [6, 6.07) is 9.58. The third-order valence-electron chi connectivity index (χ3n) is 1.76. The van der Waals surface area contributed by atoms with Gasteiger partial charge in [0.15, 0.2) is 0 Å². The lowest BCUT2D eigenvalue weighted by molar-refractivity contribution is -0.143. The third kappa shape index (κ3) is 3.01. The maximum Gasteiger partial charge on any atom is 0.334 e. The second kappa shape index (κ2) is 5.17. The van der Waals surface area contributed by atoms with E-state index >= 15 is 0 Å². The van der Waals surface area contributed by atoms with Crippen molar-refractivity contribution >= 4 is 11.7 Å². The first-order chi connectivity index (χ1) is 6.74. The number of hydrogen-bond acceptors (Lipinski definition) is 3. The molecule has 0 spiro atoms. The number of hydrogen-bond donors (Lipinski definition) is 0. The highest BCUT2D eigenvalue weighted by atomic mass is 16.7. The quantitative estimate of drug-likeness (QED) is 0.418. The summed E-state index contributed by atoms with van der Waals surface area (Å²) in [5.41, 5.74) is 1.66. The molecule has 0 aromatic heterocycles. The summed E-state index contributed by atoms with van der Waals surface area (Å²) < 4.78 is 0. The lowest BCUT2D eigenvalue weighted by Gasteiger charge is -1.99. The summed E-state index contributed by atoms with van der Waals surface area (Å²) in [7, 11) is 0. The molecule has 0 radical (unpaired) electrons. The average molecular weight is 191 g/mol. The molecule has 1 rings (SSSR count).